The third-order valence-electron chi connectivity index (χ3n) is 2.05. The standard InChI is InChI=1S/6C3H6O3.Ca.Zr/c6*1-2(4)3(5)6;;/h6*2,4H,1H3,(H,5,6);;/q;;;;;;+2;+4/p-6. The van der Waals surface area contributed by atoms with Gasteiger partial charge < -0.3 is 90.0 Å². The molecule has 0 rings (SSSR count). The summed E-state index contributed by atoms with van der Waals surface area (Å²) >= 11 is 0. The number of rotatable bonds is 6. The maximum absolute atomic E-state index is 9.34. The summed E-state index contributed by atoms with van der Waals surface area (Å²) in [5, 5.41) is 104. The van der Waals surface area contributed by atoms with Gasteiger partial charge in [-0.1, -0.05) is 0 Å². The number of carboxylic acid groups (broad SMARTS) is 6. The zero-order chi connectivity index (χ0) is 30.9. The largest absolute Gasteiger partial charge is 4.00 e. The van der Waals surface area contributed by atoms with Crippen LogP contribution in [0.1, 0.15) is 41.5 Å². The number of aliphatic carboxylic acids is 6. The first-order chi connectivity index (χ1) is 15.9. The van der Waals surface area contributed by atoms with Gasteiger partial charge in [0.05, 0.1) is 72.4 Å². The first-order valence-electron chi connectivity index (χ1n) is 9.19. The maximum atomic E-state index is 9.34. The molecule has 0 spiro atoms. The van der Waals surface area contributed by atoms with E-state index >= 15 is 0 Å². The molecule has 0 fully saturated rings. The number of carbonyl (C=O) groups excluding carboxylic acids is 6. The van der Waals surface area contributed by atoms with Gasteiger partial charge in [0.15, 0.2) is 0 Å². The van der Waals surface area contributed by atoms with Gasteiger partial charge in [-0.25, -0.2) is 0 Å². The summed E-state index contributed by atoms with van der Waals surface area (Å²) in [6.45, 7) is 6.81. The van der Waals surface area contributed by atoms with E-state index < -0.39 is 72.4 Å². The summed E-state index contributed by atoms with van der Waals surface area (Å²) in [7, 11) is 0. The molecular formula is C18H30CaO18Zr. The molecule has 0 aromatic carbocycles. The molecule has 0 radical (unpaired) electrons. The van der Waals surface area contributed by atoms with Crippen LogP contribution in [0.25, 0.3) is 0 Å². The van der Waals surface area contributed by atoms with Gasteiger partial charge in [-0.15, -0.1) is 0 Å². The van der Waals surface area contributed by atoms with Gasteiger partial charge in [0, 0.05) is 0 Å². The van der Waals surface area contributed by atoms with Gasteiger partial charge in [-0.05, 0) is 41.5 Å². The molecule has 0 aliphatic heterocycles. The Balaban J connectivity index is -0.0000000469. The predicted molar refractivity (Wildman–Crippen MR) is 106 cm³/mol. The zero-order valence-electron chi connectivity index (χ0n) is 21.3. The van der Waals surface area contributed by atoms with Crippen molar-refractivity contribution in [2.45, 2.75) is 78.2 Å². The van der Waals surface area contributed by atoms with Crippen LogP contribution in [-0.4, -0.2) is 141 Å². The Labute approximate surface area is 266 Å². The van der Waals surface area contributed by atoms with Crippen molar-refractivity contribution < 1.29 is 116 Å². The van der Waals surface area contributed by atoms with Gasteiger partial charge in [0.25, 0.3) is 0 Å². The monoisotopic (exact) mass is 664 g/mol. The first-order valence-corrected chi connectivity index (χ1v) is 9.19. The molecule has 0 aliphatic rings. The van der Waals surface area contributed by atoms with Crippen LogP contribution in [0, 0.1) is 0 Å². The smallest absolute Gasteiger partial charge is 0.547 e. The molecule has 0 saturated heterocycles. The molecule has 6 unspecified atom stereocenters. The van der Waals surface area contributed by atoms with Crippen LogP contribution in [0.3, 0.4) is 0 Å². The van der Waals surface area contributed by atoms with E-state index in [1.54, 1.807) is 0 Å². The molecule has 0 heterocycles. The summed E-state index contributed by atoms with van der Waals surface area (Å²) in [5.74, 6) is -8.61. The molecular weight excluding hydrogens is 635 g/mol. The second-order valence-electron chi connectivity index (χ2n) is 5.97. The normalized spacial score (nSPS) is 12.9. The maximum Gasteiger partial charge on any atom is 4.00 e. The Morgan fingerprint density at radius 1 is 0.368 bits per heavy atom. The third kappa shape index (κ3) is 76.5. The molecule has 0 aliphatic carbocycles. The van der Waals surface area contributed by atoms with Crippen molar-refractivity contribution in [3.63, 3.8) is 0 Å². The second kappa shape index (κ2) is 35.7. The van der Waals surface area contributed by atoms with E-state index in [4.69, 9.17) is 30.6 Å². The van der Waals surface area contributed by atoms with E-state index in [0.717, 1.165) is 41.5 Å². The van der Waals surface area contributed by atoms with E-state index in [2.05, 4.69) is 0 Å². The Bertz CT molecular complexity index is 495. The Morgan fingerprint density at radius 3 is 0.395 bits per heavy atom. The van der Waals surface area contributed by atoms with Crippen LogP contribution < -0.4 is 30.6 Å². The molecule has 216 valence electrons. The van der Waals surface area contributed by atoms with E-state index in [1.807, 2.05) is 0 Å². The topological polar surface area (TPSA) is 362 Å². The average molecular weight is 666 g/mol. The fourth-order valence-corrected chi connectivity index (χ4v) is 0. The van der Waals surface area contributed by atoms with Crippen molar-refractivity contribution in [2.24, 2.45) is 0 Å². The van der Waals surface area contributed by atoms with Crippen molar-refractivity contribution in [3.8, 4) is 0 Å². The molecule has 6 atom stereocenters. The minimum Gasteiger partial charge on any atom is -0.547 e. The van der Waals surface area contributed by atoms with E-state index in [-0.39, 0.29) is 63.9 Å². The second-order valence-corrected chi connectivity index (χ2v) is 5.97. The van der Waals surface area contributed by atoms with E-state index in [0.29, 0.717) is 0 Å². The minimum absolute atomic E-state index is 0. The molecule has 6 N–H and O–H groups in total. The average Bonchev–Trinajstić information content (AvgIpc) is 2.69. The number of carboxylic acids is 6. The van der Waals surface area contributed by atoms with Crippen LogP contribution in [-0.2, 0) is 55.0 Å². The summed E-state index contributed by atoms with van der Waals surface area (Å²) < 4.78 is 0. The number of aliphatic hydroxyl groups is 6. The summed E-state index contributed by atoms with van der Waals surface area (Å²) in [5.41, 5.74) is 0. The number of hydrogen-bond donors (Lipinski definition) is 6. The van der Waals surface area contributed by atoms with Crippen LogP contribution in [0.15, 0.2) is 0 Å². The van der Waals surface area contributed by atoms with Gasteiger partial charge >= 0.3 is 63.9 Å². The van der Waals surface area contributed by atoms with Crippen molar-refractivity contribution in [2.75, 3.05) is 0 Å². The quantitative estimate of drug-likeness (QED) is 0.143. The number of aliphatic hydroxyl groups excluding tert-OH is 6. The van der Waals surface area contributed by atoms with Crippen molar-refractivity contribution in [1.82, 2.24) is 0 Å². The fraction of sp³-hybridized carbons (Fsp3) is 0.667. The molecule has 20 heteroatoms. The first kappa shape index (κ1) is 56.8. The molecule has 18 nitrogen and oxygen atoms in total. The van der Waals surface area contributed by atoms with Crippen LogP contribution in [0.5, 0.6) is 0 Å². The van der Waals surface area contributed by atoms with Gasteiger partial charge in [-0.2, -0.15) is 0 Å². The Kier molecular flexibility index (Phi) is 53.4. The van der Waals surface area contributed by atoms with Crippen molar-refractivity contribution >= 4 is 73.6 Å². The van der Waals surface area contributed by atoms with Crippen LogP contribution >= 0.6 is 0 Å². The van der Waals surface area contributed by atoms with Crippen molar-refractivity contribution in [3.05, 3.63) is 0 Å². The van der Waals surface area contributed by atoms with Gasteiger partial charge in [0.1, 0.15) is 0 Å². The van der Waals surface area contributed by atoms with Gasteiger partial charge in [-0.3, -0.25) is 0 Å². The third-order valence-corrected chi connectivity index (χ3v) is 2.05. The Morgan fingerprint density at radius 2 is 0.395 bits per heavy atom. The summed E-state index contributed by atoms with van der Waals surface area (Å²) in [6, 6.07) is 0. The zero-order valence-corrected chi connectivity index (χ0v) is 25.9. The Hall–Kier alpha value is -1.28. The van der Waals surface area contributed by atoms with Crippen LogP contribution in [0.2, 0.25) is 0 Å². The summed E-state index contributed by atoms with van der Waals surface area (Å²) in [6.07, 6.45) is -8.06. The number of carbonyl (C=O) groups is 6. The van der Waals surface area contributed by atoms with Crippen LogP contribution in [0.4, 0.5) is 0 Å². The summed E-state index contributed by atoms with van der Waals surface area (Å²) in [4.78, 5) is 56.0. The SMILES string of the molecule is CC(O)C(=O)[O-].CC(O)C(=O)[O-].CC(O)C(=O)[O-].CC(O)C(=O)[O-].CC(O)C(=O)[O-].CC(O)C(=O)[O-].[Ca+2].[Zr+4]. The molecule has 0 bridgehead atoms. The molecule has 0 aromatic rings. The molecule has 0 amide bonds. The predicted octanol–water partition coefficient (Wildman–Crippen LogP) is -11.7. The van der Waals surface area contributed by atoms with E-state index in [1.165, 1.54) is 0 Å². The van der Waals surface area contributed by atoms with E-state index in [9.17, 15) is 59.4 Å². The molecule has 0 aromatic heterocycles. The minimum atomic E-state index is -1.44. The van der Waals surface area contributed by atoms with Gasteiger partial charge in [0.2, 0.25) is 0 Å². The number of hydrogen-bond acceptors (Lipinski definition) is 18. The van der Waals surface area contributed by atoms with Crippen molar-refractivity contribution in [1.29, 1.82) is 0 Å². The molecule has 38 heavy (non-hydrogen) atoms. The molecule has 0 saturated carbocycles. The fourth-order valence-electron chi connectivity index (χ4n) is 0.